The Bertz CT molecular complexity index is 184. The maximum Gasteiger partial charge on any atom is 0.0817 e. The van der Waals surface area contributed by atoms with Crippen molar-refractivity contribution < 1.29 is 24.8 Å². The fourth-order valence-corrected chi connectivity index (χ4v) is 1.52. The quantitative estimate of drug-likeness (QED) is 0.534. The van der Waals surface area contributed by atoms with Gasteiger partial charge in [-0.15, -0.1) is 0 Å². The Morgan fingerprint density at radius 1 is 1.25 bits per heavy atom. The summed E-state index contributed by atoms with van der Waals surface area (Å²) in [5.41, 5.74) is -0.587. The number of aliphatic hydroxyl groups is 3. The molecule has 2 aliphatic heterocycles. The number of hydrogen-bond acceptors (Lipinski definition) is 5. The van der Waals surface area contributed by atoms with Crippen LogP contribution in [0.5, 0.6) is 0 Å². The van der Waals surface area contributed by atoms with E-state index in [-0.39, 0.29) is 31.8 Å². The number of epoxide rings is 2. The van der Waals surface area contributed by atoms with Gasteiger partial charge in [-0.25, -0.2) is 0 Å². The van der Waals surface area contributed by atoms with E-state index < -0.39 is 5.41 Å². The molecule has 0 aliphatic carbocycles. The van der Waals surface area contributed by atoms with Crippen molar-refractivity contribution >= 4 is 0 Å². The average molecular weight is 234 g/mol. The normalized spacial score (nSPS) is 24.4. The number of rotatable bonds is 6. The van der Waals surface area contributed by atoms with E-state index in [1.54, 1.807) is 0 Å². The van der Waals surface area contributed by atoms with Crippen LogP contribution in [-0.2, 0) is 9.47 Å². The van der Waals surface area contributed by atoms with Gasteiger partial charge in [0, 0.05) is 12.0 Å². The van der Waals surface area contributed by atoms with Crippen LogP contribution in [0.3, 0.4) is 0 Å². The molecule has 0 amide bonds. The topological polar surface area (TPSA) is 85.8 Å². The van der Waals surface area contributed by atoms with Crippen LogP contribution >= 0.6 is 0 Å². The third-order valence-electron chi connectivity index (χ3n) is 3.19. The summed E-state index contributed by atoms with van der Waals surface area (Å²) in [6.07, 6.45) is 0.787. The van der Waals surface area contributed by atoms with Crippen LogP contribution in [0.25, 0.3) is 0 Å². The van der Waals surface area contributed by atoms with Crippen LogP contribution in [-0.4, -0.2) is 61.1 Å². The molecule has 0 aromatic heterocycles. The molecular weight excluding hydrogens is 212 g/mol. The van der Waals surface area contributed by atoms with Crippen LogP contribution < -0.4 is 0 Å². The first-order chi connectivity index (χ1) is 7.68. The van der Waals surface area contributed by atoms with Gasteiger partial charge in [-0.3, -0.25) is 0 Å². The molecule has 2 heterocycles. The van der Waals surface area contributed by atoms with Crippen molar-refractivity contribution in [1.82, 2.24) is 0 Å². The number of ether oxygens (including phenoxy) is 2. The van der Waals surface area contributed by atoms with Gasteiger partial charge < -0.3 is 24.8 Å². The predicted octanol–water partition coefficient (Wildman–Crippen LogP) is -0.609. The van der Waals surface area contributed by atoms with E-state index in [1.807, 2.05) is 6.92 Å². The number of hydrogen-bond donors (Lipinski definition) is 3. The van der Waals surface area contributed by atoms with Gasteiger partial charge in [0.15, 0.2) is 0 Å². The SMILES string of the molecule is C1CO1.CC(CO)C(CO)(CO)CC1CO1. The zero-order chi connectivity index (χ0) is 12.0. The fourth-order valence-electron chi connectivity index (χ4n) is 1.52. The van der Waals surface area contributed by atoms with Gasteiger partial charge in [0.25, 0.3) is 0 Å². The van der Waals surface area contributed by atoms with E-state index in [1.165, 1.54) is 0 Å². The molecule has 2 unspecified atom stereocenters. The first-order valence-corrected chi connectivity index (χ1v) is 5.70. The van der Waals surface area contributed by atoms with Gasteiger partial charge in [0.2, 0.25) is 0 Å². The summed E-state index contributed by atoms with van der Waals surface area (Å²) in [5.74, 6) is -0.105. The molecule has 5 nitrogen and oxygen atoms in total. The summed E-state index contributed by atoms with van der Waals surface area (Å²) < 4.78 is 9.56. The molecule has 16 heavy (non-hydrogen) atoms. The van der Waals surface area contributed by atoms with E-state index >= 15 is 0 Å². The van der Waals surface area contributed by atoms with Gasteiger partial charge in [-0.05, 0) is 12.3 Å². The minimum absolute atomic E-state index is 0.0200. The molecule has 5 heteroatoms. The summed E-state index contributed by atoms with van der Waals surface area (Å²) in [7, 11) is 0. The van der Waals surface area contributed by atoms with Gasteiger partial charge in [-0.1, -0.05) is 6.92 Å². The fraction of sp³-hybridized carbons (Fsp3) is 1.00. The molecule has 0 aromatic carbocycles. The molecule has 0 aromatic rings. The minimum atomic E-state index is -0.587. The third-order valence-corrected chi connectivity index (χ3v) is 3.19. The van der Waals surface area contributed by atoms with Crippen LogP contribution in [0.15, 0.2) is 0 Å². The lowest BCUT2D eigenvalue weighted by Crippen LogP contribution is -2.39. The molecule has 2 rings (SSSR count). The standard InChI is InChI=1S/C9H18O4.C2H4O/c1-7(3-10)9(5-11,6-12)2-8-4-13-8;1-2-3-1/h7-8,10-12H,2-6H2,1H3;1-2H2. The van der Waals surface area contributed by atoms with Crippen molar-refractivity contribution in [2.45, 2.75) is 19.4 Å². The van der Waals surface area contributed by atoms with E-state index in [9.17, 15) is 10.2 Å². The highest BCUT2D eigenvalue weighted by atomic mass is 16.6. The van der Waals surface area contributed by atoms with Crippen molar-refractivity contribution in [3.8, 4) is 0 Å². The van der Waals surface area contributed by atoms with Gasteiger partial charge in [0.1, 0.15) is 0 Å². The molecule has 0 saturated carbocycles. The average Bonchev–Trinajstić information content (AvgIpc) is 3.18. The van der Waals surface area contributed by atoms with Gasteiger partial charge in [0.05, 0.1) is 39.1 Å². The number of aliphatic hydroxyl groups excluding tert-OH is 3. The van der Waals surface area contributed by atoms with Crippen LogP contribution in [0, 0.1) is 11.3 Å². The van der Waals surface area contributed by atoms with Crippen LogP contribution in [0.1, 0.15) is 13.3 Å². The monoisotopic (exact) mass is 234 g/mol. The van der Waals surface area contributed by atoms with E-state index in [2.05, 4.69) is 4.74 Å². The van der Waals surface area contributed by atoms with Crippen LogP contribution in [0.2, 0.25) is 0 Å². The van der Waals surface area contributed by atoms with E-state index in [0.717, 1.165) is 13.2 Å². The third kappa shape index (κ3) is 4.35. The predicted molar refractivity (Wildman–Crippen MR) is 58.0 cm³/mol. The first kappa shape index (κ1) is 13.9. The Hall–Kier alpha value is -0.200. The molecule has 2 atom stereocenters. The Morgan fingerprint density at radius 3 is 2.00 bits per heavy atom. The van der Waals surface area contributed by atoms with Crippen molar-refractivity contribution in [2.24, 2.45) is 11.3 Å². The summed E-state index contributed by atoms with van der Waals surface area (Å²) in [6, 6.07) is 0. The Labute approximate surface area is 96.0 Å². The smallest absolute Gasteiger partial charge is 0.0817 e. The molecule has 96 valence electrons. The molecule has 0 bridgehead atoms. The van der Waals surface area contributed by atoms with Crippen LogP contribution in [0.4, 0.5) is 0 Å². The second kappa shape index (κ2) is 6.51. The zero-order valence-electron chi connectivity index (χ0n) is 9.76. The summed E-state index contributed by atoms with van der Waals surface area (Å²) in [4.78, 5) is 0. The van der Waals surface area contributed by atoms with Crippen molar-refractivity contribution in [1.29, 1.82) is 0 Å². The molecule has 0 spiro atoms. The Balaban J connectivity index is 0.000000365. The molecule has 2 saturated heterocycles. The molecule has 2 aliphatic rings. The summed E-state index contributed by atoms with van der Waals surface area (Å²) in [5, 5.41) is 27.5. The zero-order valence-corrected chi connectivity index (χ0v) is 9.76. The van der Waals surface area contributed by atoms with Gasteiger partial charge >= 0.3 is 0 Å². The molecule has 2 fully saturated rings. The Morgan fingerprint density at radius 2 is 1.75 bits per heavy atom. The van der Waals surface area contributed by atoms with Crippen molar-refractivity contribution in [3.05, 3.63) is 0 Å². The van der Waals surface area contributed by atoms with Gasteiger partial charge in [-0.2, -0.15) is 0 Å². The van der Waals surface area contributed by atoms with E-state index in [0.29, 0.717) is 13.0 Å². The van der Waals surface area contributed by atoms with Crippen molar-refractivity contribution in [3.63, 3.8) is 0 Å². The summed E-state index contributed by atoms with van der Waals surface area (Å²) in [6.45, 7) is 4.30. The minimum Gasteiger partial charge on any atom is -0.396 e. The summed E-state index contributed by atoms with van der Waals surface area (Å²) >= 11 is 0. The highest BCUT2D eigenvalue weighted by molar-refractivity contribution is 4.89. The second-order valence-corrected chi connectivity index (χ2v) is 4.53. The van der Waals surface area contributed by atoms with Crippen molar-refractivity contribution in [2.75, 3.05) is 39.6 Å². The maximum absolute atomic E-state index is 9.23. The highest BCUT2D eigenvalue weighted by Gasteiger charge is 2.40. The lowest BCUT2D eigenvalue weighted by molar-refractivity contribution is -0.0219. The largest absolute Gasteiger partial charge is 0.396 e. The molecule has 3 N–H and O–H groups in total. The molecular formula is C11H22O5. The second-order valence-electron chi connectivity index (χ2n) is 4.53. The lowest BCUT2D eigenvalue weighted by atomic mass is 9.74. The highest BCUT2D eigenvalue weighted by Crippen LogP contribution is 2.35. The van der Waals surface area contributed by atoms with E-state index in [4.69, 9.17) is 9.84 Å². The first-order valence-electron chi connectivity index (χ1n) is 5.70. The molecule has 0 radical (unpaired) electrons. The maximum atomic E-state index is 9.23. The Kier molecular flexibility index (Phi) is 5.64. The lowest BCUT2D eigenvalue weighted by Gasteiger charge is -2.34.